The molecule has 3 N–H and O–H groups in total. The van der Waals surface area contributed by atoms with Gasteiger partial charge in [-0.2, -0.15) is 0 Å². The lowest BCUT2D eigenvalue weighted by molar-refractivity contribution is 0.0597. The molecule has 1 heterocycles. The van der Waals surface area contributed by atoms with E-state index in [1.165, 1.54) is 25.4 Å². The first-order chi connectivity index (χ1) is 8.13. The SMILES string of the molecule is COC(=O)c1cc(-c2oncc2N)ccc1O. The van der Waals surface area contributed by atoms with Crippen LogP contribution < -0.4 is 5.73 Å². The number of hydrogen-bond acceptors (Lipinski definition) is 6. The molecule has 0 spiro atoms. The first-order valence-corrected chi connectivity index (χ1v) is 4.75. The summed E-state index contributed by atoms with van der Waals surface area (Å²) in [5.74, 6) is -0.462. The second kappa shape index (κ2) is 4.17. The Hall–Kier alpha value is -2.50. The van der Waals surface area contributed by atoms with Crippen molar-refractivity contribution in [3.63, 3.8) is 0 Å². The Balaban J connectivity index is 2.52. The standard InChI is InChI=1S/C11H10N2O4/c1-16-11(15)7-4-6(2-3-9(7)14)10-8(12)5-13-17-10/h2-5,14H,12H2,1H3. The number of phenolic OH excluding ortho intramolecular Hbond substituents is 1. The van der Waals surface area contributed by atoms with E-state index in [1.54, 1.807) is 6.07 Å². The first kappa shape index (κ1) is 11.0. The quantitative estimate of drug-likeness (QED) is 0.762. The zero-order valence-corrected chi connectivity index (χ0v) is 9.01. The summed E-state index contributed by atoms with van der Waals surface area (Å²) >= 11 is 0. The van der Waals surface area contributed by atoms with Gasteiger partial charge in [0.05, 0.1) is 13.3 Å². The number of methoxy groups -OCH3 is 1. The van der Waals surface area contributed by atoms with Gasteiger partial charge in [0.25, 0.3) is 0 Å². The fourth-order valence-electron chi connectivity index (χ4n) is 1.42. The van der Waals surface area contributed by atoms with Crippen LogP contribution in [-0.2, 0) is 4.74 Å². The van der Waals surface area contributed by atoms with Gasteiger partial charge in [0, 0.05) is 5.56 Å². The van der Waals surface area contributed by atoms with Crippen molar-refractivity contribution in [3.05, 3.63) is 30.0 Å². The van der Waals surface area contributed by atoms with Crippen LogP contribution in [0.3, 0.4) is 0 Å². The number of aromatic nitrogens is 1. The maximum atomic E-state index is 11.4. The highest BCUT2D eigenvalue weighted by Crippen LogP contribution is 2.29. The van der Waals surface area contributed by atoms with Crippen molar-refractivity contribution in [2.75, 3.05) is 12.8 Å². The predicted molar refractivity (Wildman–Crippen MR) is 59.4 cm³/mol. The summed E-state index contributed by atoms with van der Waals surface area (Å²) < 4.78 is 9.49. The third-order valence-electron chi connectivity index (χ3n) is 2.26. The monoisotopic (exact) mass is 234 g/mol. The number of anilines is 1. The van der Waals surface area contributed by atoms with E-state index >= 15 is 0 Å². The highest BCUT2D eigenvalue weighted by atomic mass is 16.5. The van der Waals surface area contributed by atoms with Gasteiger partial charge < -0.3 is 20.1 Å². The molecule has 1 aromatic heterocycles. The van der Waals surface area contributed by atoms with Gasteiger partial charge in [0.2, 0.25) is 0 Å². The van der Waals surface area contributed by atoms with E-state index in [-0.39, 0.29) is 11.3 Å². The lowest BCUT2D eigenvalue weighted by atomic mass is 10.1. The predicted octanol–water partition coefficient (Wildman–Crippen LogP) is 1.42. The lowest BCUT2D eigenvalue weighted by Gasteiger charge is -2.04. The average molecular weight is 234 g/mol. The summed E-state index contributed by atoms with van der Waals surface area (Å²) in [6, 6.07) is 4.36. The van der Waals surface area contributed by atoms with E-state index < -0.39 is 5.97 Å². The third-order valence-corrected chi connectivity index (χ3v) is 2.26. The van der Waals surface area contributed by atoms with E-state index in [4.69, 9.17) is 10.3 Å². The van der Waals surface area contributed by atoms with E-state index in [1.807, 2.05) is 0 Å². The fraction of sp³-hybridized carbons (Fsp3) is 0.0909. The molecule has 0 unspecified atom stereocenters. The minimum absolute atomic E-state index is 0.0424. The van der Waals surface area contributed by atoms with Crippen molar-refractivity contribution < 1.29 is 19.2 Å². The van der Waals surface area contributed by atoms with Crippen LogP contribution >= 0.6 is 0 Å². The molecule has 6 nitrogen and oxygen atoms in total. The molecular weight excluding hydrogens is 224 g/mol. The van der Waals surface area contributed by atoms with Gasteiger partial charge in [-0.3, -0.25) is 0 Å². The lowest BCUT2D eigenvalue weighted by Crippen LogP contribution is -2.01. The van der Waals surface area contributed by atoms with Crippen LogP contribution in [-0.4, -0.2) is 23.3 Å². The Kier molecular flexibility index (Phi) is 2.70. The van der Waals surface area contributed by atoms with Crippen molar-refractivity contribution in [2.45, 2.75) is 0 Å². The molecule has 0 aliphatic carbocycles. The molecule has 0 aliphatic rings. The molecule has 0 fully saturated rings. The minimum atomic E-state index is -0.637. The van der Waals surface area contributed by atoms with Gasteiger partial charge in [0.15, 0.2) is 5.76 Å². The maximum Gasteiger partial charge on any atom is 0.341 e. The molecule has 2 rings (SSSR count). The second-order valence-corrected chi connectivity index (χ2v) is 3.33. The molecule has 0 saturated heterocycles. The molecule has 0 amide bonds. The molecule has 2 aromatic rings. The van der Waals surface area contributed by atoms with Crippen molar-refractivity contribution in [2.24, 2.45) is 0 Å². The number of aromatic hydroxyl groups is 1. The number of nitrogen functional groups attached to an aromatic ring is 1. The van der Waals surface area contributed by atoms with Gasteiger partial charge in [-0.15, -0.1) is 0 Å². The number of carbonyl (C=O) groups excluding carboxylic acids is 1. The van der Waals surface area contributed by atoms with E-state index in [0.717, 1.165) is 0 Å². The third kappa shape index (κ3) is 1.92. The molecule has 88 valence electrons. The summed E-state index contributed by atoms with van der Waals surface area (Å²) in [5.41, 5.74) is 6.57. The number of esters is 1. The maximum absolute atomic E-state index is 11.4. The van der Waals surface area contributed by atoms with Crippen LogP contribution in [0.4, 0.5) is 5.69 Å². The summed E-state index contributed by atoms with van der Waals surface area (Å²) in [4.78, 5) is 11.4. The first-order valence-electron chi connectivity index (χ1n) is 4.75. The molecule has 17 heavy (non-hydrogen) atoms. The molecule has 0 atom stereocenters. The second-order valence-electron chi connectivity index (χ2n) is 3.33. The van der Waals surface area contributed by atoms with Crippen molar-refractivity contribution in [1.82, 2.24) is 5.16 Å². The van der Waals surface area contributed by atoms with Gasteiger partial charge in [0.1, 0.15) is 17.0 Å². The van der Waals surface area contributed by atoms with Crippen LogP contribution in [0.25, 0.3) is 11.3 Å². The molecule has 0 radical (unpaired) electrons. The number of carbonyl (C=O) groups is 1. The molecule has 6 heteroatoms. The summed E-state index contributed by atoms with van der Waals surface area (Å²) in [6.07, 6.45) is 1.36. The zero-order chi connectivity index (χ0) is 12.4. The molecular formula is C11H10N2O4. The Morgan fingerprint density at radius 1 is 1.53 bits per heavy atom. The van der Waals surface area contributed by atoms with Crippen LogP contribution in [0.2, 0.25) is 0 Å². The zero-order valence-electron chi connectivity index (χ0n) is 9.01. The average Bonchev–Trinajstić information content (AvgIpc) is 2.75. The Labute approximate surface area is 96.6 Å². The number of nitrogens with zero attached hydrogens (tertiary/aromatic N) is 1. The summed E-state index contributed by atoms with van der Waals surface area (Å²) in [5, 5.41) is 13.1. The summed E-state index contributed by atoms with van der Waals surface area (Å²) in [7, 11) is 1.23. The van der Waals surface area contributed by atoms with E-state index in [2.05, 4.69) is 9.89 Å². The Morgan fingerprint density at radius 2 is 2.29 bits per heavy atom. The number of hydrogen-bond donors (Lipinski definition) is 2. The molecule has 0 aliphatic heterocycles. The van der Waals surface area contributed by atoms with Crippen LogP contribution in [0, 0.1) is 0 Å². The number of phenols is 1. The van der Waals surface area contributed by atoms with Gasteiger partial charge in [-0.1, -0.05) is 5.16 Å². The molecule has 1 aromatic carbocycles. The largest absolute Gasteiger partial charge is 0.507 e. The minimum Gasteiger partial charge on any atom is -0.507 e. The Bertz CT molecular complexity index is 562. The van der Waals surface area contributed by atoms with Crippen LogP contribution in [0.1, 0.15) is 10.4 Å². The molecule has 0 saturated carbocycles. The normalized spacial score (nSPS) is 10.2. The van der Waals surface area contributed by atoms with Crippen LogP contribution in [0.15, 0.2) is 28.9 Å². The number of benzene rings is 1. The van der Waals surface area contributed by atoms with Gasteiger partial charge in [-0.05, 0) is 18.2 Å². The number of rotatable bonds is 2. The van der Waals surface area contributed by atoms with E-state index in [9.17, 15) is 9.90 Å². The number of nitrogens with two attached hydrogens (primary N) is 1. The Morgan fingerprint density at radius 3 is 2.88 bits per heavy atom. The highest BCUT2D eigenvalue weighted by Gasteiger charge is 2.15. The van der Waals surface area contributed by atoms with E-state index in [0.29, 0.717) is 17.0 Å². The highest BCUT2D eigenvalue weighted by molar-refractivity contribution is 5.94. The fourth-order valence-corrected chi connectivity index (χ4v) is 1.42. The van der Waals surface area contributed by atoms with Crippen molar-refractivity contribution in [1.29, 1.82) is 0 Å². The summed E-state index contributed by atoms with van der Waals surface area (Å²) in [6.45, 7) is 0. The van der Waals surface area contributed by atoms with Crippen molar-refractivity contribution in [3.8, 4) is 17.1 Å². The topological polar surface area (TPSA) is 98.6 Å². The number of ether oxygens (including phenoxy) is 1. The molecule has 0 bridgehead atoms. The van der Waals surface area contributed by atoms with Crippen LogP contribution in [0.5, 0.6) is 5.75 Å². The van der Waals surface area contributed by atoms with Gasteiger partial charge >= 0.3 is 5.97 Å². The van der Waals surface area contributed by atoms with Gasteiger partial charge in [-0.25, -0.2) is 4.79 Å². The van der Waals surface area contributed by atoms with Crippen molar-refractivity contribution >= 4 is 11.7 Å². The smallest absolute Gasteiger partial charge is 0.341 e.